The van der Waals surface area contributed by atoms with Crippen molar-refractivity contribution in [2.75, 3.05) is 5.73 Å². The molecule has 0 bridgehead atoms. The van der Waals surface area contributed by atoms with Crippen molar-refractivity contribution in [2.45, 2.75) is 0 Å². The molecule has 0 unspecified atom stereocenters. The zero-order valence-electron chi connectivity index (χ0n) is 10.6. The average Bonchev–Trinajstić information content (AvgIpc) is 2.49. The van der Waals surface area contributed by atoms with Gasteiger partial charge in [0.1, 0.15) is 11.6 Å². The highest BCUT2D eigenvalue weighted by atomic mass is 16.6. The first-order chi connectivity index (χ1) is 10.1. The van der Waals surface area contributed by atoms with Crippen LogP contribution in [0.1, 0.15) is 0 Å². The highest BCUT2D eigenvalue weighted by molar-refractivity contribution is 5.92. The Hall–Kier alpha value is -3.29. The van der Waals surface area contributed by atoms with Crippen molar-refractivity contribution in [1.82, 2.24) is 15.0 Å². The number of aromatic nitrogens is 3. The molecule has 8 nitrogen and oxygen atoms in total. The number of pyridine rings is 1. The third kappa shape index (κ3) is 2.41. The molecule has 3 rings (SSSR count). The highest BCUT2D eigenvalue weighted by Gasteiger charge is 2.16. The van der Waals surface area contributed by atoms with Gasteiger partial charge in [-0.3, -0.25) is 10.1 Å². The van der Waals surface area contributed by atoms with Crippen LogP contribution in [0.3, 0.4) is 0 Å². The van der Waals surface area contributed by atoms with Gasteiger partial charge in [0.25, 0.3) is 5.69 Å². The molecule has 8 heteroatoms. The number of nitrogens with two attached hydrogens (primary N) is 1. The van der Waals surface area contributed by atoms with Crippen LogP contribution in [0.4, 0.5) is 11.5 Å². The largest absolute Gasteiger partial charge is 0.437 e. The van der Waals surface area contributed by atoms with E-state index in [1.54, 1.807) is 12.1 Å². The number of non-ortho nitro benzene ring substituents is 1. The van der Waals surface area contributed by atoms with E-state index in [4.69, 9.17) is 10.5 Å². The molecule has 0 atom stereocenters. The first kappa shape index (κ1) is 12.7. The minimum atomic E-state index is -0.484. The van der Waals surface area contributed by atoms with Gasteiger partial charge in [0.15, 0.2) is 5.52 Å². The van der Waals surface area contributed by atoms with E-state index in [0.29, 0.717) is 11.1 Å². The molecule has 0 saturated carbocycles. The van der Waals surface area contributed by atoms with Gasteiger partial charge in [-0.15, -0.1) is 0 Å². The van der Waals surface area contributed by atoms with E-state index < -0.39 is 4.92 Å². The van der Waals surface area contributed by atoms with Gasteiger partial charge in [-0.2, -0.15) is 0 Å². The number of nitrogen functional groups attached to an aromatic ring is 1. The number of anilines is 1. The van der Waals surface area contributed by atoms with Gasteiger partial charge in [0.05, 0.1) is 22.7 Å². The molecule has 0 aliphatic carbocycles. The van der Waals surface area contributed by atoms with E-state index in [-0.39, 0.29) is 22.9 Å². The van der Waals surface area contributed by atoms with Crippen molar-refractivity contribution < 1.29 is 9.66 Å². The van der Waals surface area contributed by atoms with Gasteiger partial charge in [-0.05, 0) is 18.2 Å². The number of hydrogen-bond acceptors (Lipinski definition) is 7. The smallest absolute Gasteiger partial charge is 0.295 e. The molecule has 2 heterocycles. The molecule has 104 valence electrons. The van der Waals surface area contributed by atoms with Crippen molar-refractivity contribution >= 4 is 22.4 Å². The zero-order valence-corrected chi connectivity index (χ0v) is 10.6. The van der Waals surface area contributed by atoms with Crippen molar-refractivity contribution in [3.8, 4) is 11.6 Å². The molecule has 3 aromatic rings. The first-order valence-corrected chi connectivity index (χ1v) is 5.92. The number of rotatable bonds is 3. The Morgan fingerprint density at radius 1 is 1.14 bits per heavy atom. The zero-order chi connectivity index (χ0) is 14.8. The first-order valence-electron chi connectivity index (χ1n) is 5.92. The summed E-state index contributed by atoms with van der Waals surface area (Å²) in [5, 5.41) is 11.5. The van der Waals surface area contributed by atoms with E-state index in [9.17, 15) is 10.1 Å². The van der Waals surface area contributed by atoms with Crippen molar-refractivity contribution in [3.05, 3.63) is 53.0 Å². The van der Waals surface area contributed by atoms with E-state index >= 15 is 0 Å². The Balaban J connectivity index is 2.09. The molecule has 0 saturated heterocycles. The molecule has 0 fully saturated rings. The summed E-state index contributed by atoms with van der Waals surface area (Å²) < 4.78 is 5.59. The Morgan fingerprint density at radius 3 is 2.71 bits per heavy atom. The molecule has 21 heavy (non-hydrogen) atoms. The second-order valence-electron chi connectivity index (χ2n) is 4.12. The normalized spacial score (nSPS) is 10.5. The van der Waals surface area contributed by atoms with Gasteiger partial charge < -0.3 is 10.5 Å². The van der Waals surface area contributed by atoms with Crippen molar-refractivity contribution in [3.63, 3.8) is 0 Å². The molecule has 2 aromatic heterocycles. The number of ether oxygens (including phenoxy) is 1. The summed E-state index contributed by atoms with van der Waals surface area (Å²) >= 11 is 0. The van der Waals surface area contributed by atoms with E-state index in [2.05, 4.69) is 15.0 Å². The number of benzene rings is 1. The van der Waals surface area contributed by atoms with Crippen LogP contribution in [0, 0.1) is 10.1 Å². The maximum Gasteiger partial charge on any atom is 0.295 e. The van der Waals surface area contributed by atoms with E-state index in [1.807, 2.05) is 0 Å². The Morgan fingerprint density at radius 2 is 2.00 bits per heavy atom. The lowest BCUT2D eigenvalue weighted by Crippen LogP contribution is -1.96. The minimum absolute atomic E-state index is 0.0821. The molecule has 0 radical (unpaired) electrons. The predicted molar refractivity (Wildman–Crippen MR) is 74.9 cm³/mol. The predicted octanol–water partition coefficient (Wildman–Crippen LogP) is 2.31. The van der Waals surface area contributed by atoms with Crippen LogP contribution in [0.15, 0.2) is 42.9 Å². The Labute approximate surface area is 118 Å². The topological polar surface area (TPSA) is 117 Å². The van der Waals surface area contributed by atoms with Crippen LogP contribution in [0.5, 0.6) is 11.6 Å². The maximum atomic E-state index is 11.0. The number of nitrogens with zero attached hydrogens (tertiary/aromatic N) is 4. The lowest BCUT2D eigenvalue weighted by Gasteiger charge is -2.07. The van der Waals surface area contributed by atoms with Crippen molar-refractivity contribution in [2.24, 2.45) is 0 Å². The summed E-state index contributed by atoms with van der Waals surface area (Å²) in [5.41, 5.74) is 5.62. The molecule has 0 aliphatic heterocycles. The summed E-state index contributed by atoms with van der Waals surface area (Å²) in [4.78, 5) is 22.4. The van der Waals surface area contributed by atoms with Crippen LogP contribution in [-0.4, -0.2) is 19.9 Å². The molecule has 0 aliphatic rings. The second-order valence-corrected chi connectivity index (χ2v) is 4.12. The number of hydrogen-bond donors (Lipinski definition) is 1. The van der Waals surface area contributed by atoms with Crippen LogP contribution in [0.25, 0.3) is 10.9 Å². The fraction of sp³-hybridized carbons (Fsp3) is 0. The minimum Gasteiger partial charge on any atom is -0.437 e. The lowest BCUT2D eigenvalue weighted by molar-refractivity contribution is -0.383. The summed E-state index contributed by atoms with van der Waals surface area (Å²) in [7, 11) is 0. The van der Waals surface area contributed by atoms with Crippen LogP contribution in [-0.2, 0) is 0 Å². The van der Waals surface area contributed by atoms with E-state index in [1.165, 1.54) is 30.7 Å². The van der Waals surface area contributed by atoms with Gasteiger partial charge >= 0.3 is 0 Å². The van der Waals surface area contributed by atoms with Gasteiger partial charge in [0.2, 0.25) is 5.88 Å². The van der Waals surface area contributed by atoms with Crippen LogP contribution >= 0.6 is 0 Å². The van der Waals surface area contributed by atoms with Crippen molar-refractivity contribution in [1.29, 1.82) is 0 Å². The van der Waals surface area contributed by atoms with Gasteiger partial charge in [-0.1, -0.05) is 0 Å². The van der Waals surface area contributed by atoms with Gasteiger partial charge in [0, 0.05) is 12.3 Å². The fourth-order valence-corrected chi connectivity index (χ4v) is 1.86. The molecular weight excluding hydrogens is 274 g/mol. The Kier molecular flexibility index (Phi) is 3.03. The third-order valence-corrected chi connectivity index (χ3v) is 2.77. The second kappa shape index (κ2) is 5.00. The quantitative estimate of drug-likeness (QED) is 0.578. The summed E-state index contributed by atoms with van der Waals surface area (Å²) in [6.07, 6.45) is 4.22. The van der Waals surface area contributed by atoms with Crippen LogP contribution in [0.2, 0.25) is 0 Å². The average molecular weight is 283 g/mol. The summed E-state index contributed by atoms with van der Waals surface area (Å²) in [6.45, 7) is 0. The number of fused-ring (bicyclic) bond motifs is 1. The van der Waals surface area contributed by atoms with Gasteiger partial charge in [-0.25, -0.2) is 15.0 Å². The fourth-order valence-electron chi connectivity index (χ4n) is 1.86. The lowest BCUT2D eigenvalue weighted by atomic mass is 10.2. The molecule has 0 amide bonds. The third-order valence-electron chi connectivity index (χ3n) is 2.77. The number of nitro groups is 1. The number of nitro benzene ring substituents is 1. The molecular formula is C13H9N5O3. The molecule has 2 N–H and O–H groups in total. The standard InChI is InChI=1S/C13H9N5O3/c14-11-6-17-12(7-16-11)21-10-4-3-9(18(19)20)13-8(10)2-1-5-15-13/h1-7H,(H2,14,16). The monoisotopic (exact) mass is 283 g/mol. The highest BCUT2D eigenvalue weighted by Crippen LogP contribution is 2.33. The summed E-state index contributed by atoms with van der Waals surface area (Å²) in [6, 6.07) is 6.21. The van der Waals surface area contributed by atoms with E-state index in [0.717, 1.165) is 0 Å². The summed E-state index contributed by atoms with van der Waals surface area (Å²) in [5.74, 6) is 0.920. The molecule has 1 aromatic carbocycles. The maximum absolute atomic E-state index is 11.0. The molecule has 0 spiro atoms. The van der Waals surface area contributed by atoms with Crippen LogP contribution < -0.4 is 10.5 Å². The SMILES string of the molecule is Nc1cnc(Oc2ccc([N+](=O)[O-])c3ncccc23)cn1. The Bertz CT molecular complexity index is 820.